The molecule has 0 spiro atoms. The maximum atomic E-state index is 9.75. The Balaban J connectivity index is 1.73. The van der Waals surface area contributed by atoms with Gasteiger partial charge in [0.05, 0.1) is 6.10 Å². The van der Waals surface area contributed by atoms with E-state index in [0.29, 0.717) is 5.92 Å². The van der Waals surface area contributed by atoms with Crippen molar-refractivity contribution in [2.75, 3.05) is 44.7 Å². The fourth-order valence-electron chi connectivity index (χ4n) is 2.42. The lowest BCUT2D eigenvalue weighted by atomic mass is 10.0. The van der Waals surface area contributed by atoms with Crippen molar-refractivity contribution in [3.05, 3.63) is 18.0 Å². The summed E-state index contributed by atoms with van der Waals surface area (Å²) in [4.78, 5) is 13.5. The molecule has 1 atom stereocenters. The number of rotatable bonds is 7. The van der Waals surface area contributed by atoms with Crippen LogP contribution in [0, 0.1) is 5.92 Å². The minimum Gasteiger partial charge on any atom is -0.393 e. The summed E-state index contributed by atoms with van der Waals surface area (Å²) in [5.41, 5.74) is 1.08. The molecule has 0 aliphatic carbocycles. The molecule has 6 heteroatoms. The molecule has 0 amide bonds. The third-order valence-corrected chi connectivity index (χ3v) is 4.19. The number of aliphatic hydroxyl groups excluding tert-OH is 1. The Kier molecular flexibility index (Phi) is 6.54. The zero-order chi connectivity index (χ0) is 15.9. The Morgan fingerprint density at radius 1 is 1.18 bits per heavy atom. The summed E-state index contributed by atoms with van der Waals surface area (Å²) in [7, 11) is 2.14. The fourth-order valence-corrected chi connectivity index (χ4v) is 2.42. The number of hydrogen-bond acceptors (Lipinski definition) is 6. The highest BCUT2D eigenvalue weighted by Crippen LogP contribution is 2.10. The molecular weight excluding hydrogens is 278 g/mol. The van der Waals surface area contributed by atoms with Gasteiger partial charge in [-0.2, -0.15) is 0 Å². The van der Waals surface area contributed by atoms with Crippen molar-refractivity contribution >= 4 is 5.95 Å². The third-order valence-electron chi connectivity index (χ3n) is 4.19. The van der Waals surface area contributed by atoms with E-state index in [0.717, 1.165) is 57.2 Å². The number of nitrogens with zero attached hydrogens (tertiary/aromatic N) is 4. The van der Waals surface area contributed by atoms with Gasteiger partial charge in [-0.05, 0) is 25.9 Å². The first-order valence-electron chi connectivity index (χ1n) is 8.19. The quantitative estimate of drug-likeness (QED) is 0.724. The van der Waals surface area contributed by atoms with Crippen molar-refractivity contribution in [3.63, 3.8) is 0 Å². The fraction of sp³-hybridized carbons (Fsp3) is 0.750. The largest absolute Gasteiger partial charge is 0.393 e. The van der Waals surface area contributed by atoms with E-state index in [1.807, 2.05) is 26.2 Å². The van der Waals surface area contributed by atoms with E-state index in [-0.39, 0.29) is 6.10 Å². The average molecular weight is 307 g/mol. The summed E-state index contributed by atoms with van der Waals surface area (Å²) >= 11 is 0. The van der Waals surface area contributed by atoms with Gasteiger partial charge in [0.1, 0.15) is 0 Å². The van der Waals surface area contributed by atoms with Crippen LogP contribution in [0.5, 0.6) is 0 Å². The molecule has 1 saturated heterocycles. The monoisotopic (exact) mass is 307 g/mol. The molecule has 124 valence electrons. The number of aliphatic hydroxyl groups is 1. The molecule has 0 aromatic carbocycles. The van der Waals surface area contributed by atoms with E-state index < -0.39 is 0 Å². The second-order valence-electron chi connectivity index (χ2n) is 6.46. The molecule has 22 heavy (non-hydrogen) atoms. The van der Waals surface area contributed by atoms with Crippen LogP contribution in [0.25, 0.3) is 0 Å². The molecule has 1 unspecified atom stereocenters. The number of piperazine rings is 1. The van der Waals surface area contributed by atoms with Crippen molar-refractivity contribution in [1.29, 1.82) is 0 Å². The first-order chi connectivity index (χ1) is 10.6. The Labute approximate surface area is 133 Å². The van der Waals surface area contributed by atoms with Gasteiger partial charge in [0.15, 0.2) is 0 Å². The van der Waals surface area contributed by atoms with Crippen LogP contribution in [0.15, 0.2) is 12.4 Å². The predicted octanol–water partition coefficient (Wildman–Crippen LogP) is 0.725. The molecule has 1 aromatic rings. The van der Waals surface area contributed by atoms with Gasteiger partial charge in [-0.15, -0.1) is 0 Å². The van der Waals surface area contributed by atoms with Crippen LogP contribution < -0.4 is 10.2 Å². The zero-order valence-electron chi connectivity index (χ0n) is 14.0. The van der Waals surface area contributed by atoms with E-state index in [4.69, 9.17) is 0 Å². The van der Waals surface area contributed by atoms with E-state index in [1.54, 1.807) is 0 Å². The van der Waals surface area contributed by atoms with Crippen LogP contribution in [0.2, 0.25) is 0 Å². The summed E-state index contributed by atoms with van der Waals surface area (Å²) in [5, 5.41) is 13.1. The minimum absolute atomic E-state index is 0.233. The van der Waals surface area contributed by atoms with Crippen molar-refractivity contribution in [2.45, 2.75) is 32.9 Å². The highest BCUT2D eigenvalue weighted by atomic mass is 16.3. The molecule has 6 nitrogen and oxygen atoms in total. The van der Waals surface area contributed by atoms with Crippen LogP contribution in [-0.2, 0) is 6.54 Å². The summed E-state index contributed by atoms with van der Waals surface area (Å²) in [5.74, 6) is 1.14. The van der Waals surface area contributed by atoms with Crippen LogP contribution in [0.4, 0.5) is 5.95 Å². The van der Waals surface area contributed by atoms with Crippen LogP contribution in [-0.4, -0.2) is 65.8 Å². The summed E-state index contributed by atoms with van der Waals surface area (Å²) in [6.07, 6.45) is 4.33. The zero-order valence-corrected chi connectivity index (χ0v) is 14.0. The second kappa shape index (κ2) is 8.41. The van der Waals surface area contributed by atoms with Gasteiger partial charge < -0.3 is 20.2 Å². The molecule has 0 saturated carbocycles. The molecule has 1 aliphatic rings. The van der Waals surface area contributed by atoms with Crippen LogP contribution in [0.3, 0.4) is 0 Å². The van der Waals surface area contributed by atoms with Crippen molar-refractivity contribution in [3.8, 4) is 0 Å². The van der Waals surface area contributed by atoms with E-state index >= 15 is 0 Å². The van der Waals surface area contributed by atoms with Gasteiger partial charge in [0.25, 0.3) is 0 Å². The summed E-state index contributed by atoms with van der Waals surface area (Å²) < 4.78 is 0. The molecule has 1 aliphatic heterocycles. The first kappa shape index (κ1) is 17.1. The highest BCUT2D eigenvalue weighted by Gasteiger charge is 2.16. The predicted molar refractivity (Wildman–Crippen MR) is 88.9 cm³/mol. The topological polar surface area (TPSA) is 64.5 Å². The van der Waals surface area contributed by atoms with Crippen LogP contribution >= 0.6 is 0 Å². The Morgan fingerprint density at radius 3 is 2.41 bits per heavy atom. The van der Waals surface area contributed by atoms with Crippen molar-refractivity contribution < 1.29 is 5.11 Å². The average Bonchev–Trinajstić information content (AvgIpc) is 2.52. The Hall–Kier alpha value is -1.24. The minimum atomic E-state index is -0.233. The molecule has 1 aromatic heterocycles. The number of hydrogen-bond donors (Lipinski definition) is 2. The highest BCUT2D eigenvalue weighted by molar-refractivity contribution is 5.30. The number of aromatic nitrogens is 2. The van der Waals surface area contributed by atoms with Crippen molar-refractivity contribution in [1.82, 2.24) is 20.2 Å². The maximum absolute atomic E-state index is 9.75. The molecule has 2 N–H and O–H groups in total. The number of anilines is 1. The Bertz CT molecular complexity index is 429. The van der Waals surface area contributed by atoms with E-state index in [9.17, 15) is 5.11 Å². The lowest BCUT2D eigenvalue weighted by molar-refractivity contribution is 0.116. The first-order valence-corrected chi connectivity index (χ1v) is 8.19. The molecular formula is C16H29N5O. The SMILES string of the molecule is CC(C)C(O)CCNCc1cnc(N2CCN(C)CC2)nc1. The van der Waals surface area contributed by atoms with Gasteiger partial charge in [0.2, 0.25) is 5.95 Å². The lowest BCUT2D eigenvalue weighted by Crippen LogP contribution is -2.45. The molecule has 0 bridgehead atoms. The molecule has 2 rings (SSSR count). The van der Waals surface area contributed by atoms with Crippen LogP contribution in [0.1, 0.15) is 25.8 Å². The number of likely N-dealkylation sites (N-methyl/N-ethyl adjacent to an activating group) is 1. The second-order valence-corrected chi connectivity index (χ2v) is 6.46. The summed E-state index contributed by atoms with van der Waals surface area (Å²) in [6, 6.07) is 0. The van der Waals surface area contributed by atoms with Gasteiger partial charge in [-0.1, -0.05) is 13.8 Å². The molecule has 0 radical (unpaired) electrons. The lowest BCUT2D eigenvalue weighted by Gasteiger charge is -2.32. The molecule has 2 heterocycles. The number of nitrogens with one attached hydrogen (secondary N) is 1. The normalized spacial score (nSPS) is 18.0. The Morgan fingerprint density at radius 2 is 1.82 bits per heavy atom. The van der Waals surface area contributed by atoms with E-state index in [2.05, 4.69) is 32.1 Å². The summed E-state index contributed by atoms with van der Waals surface area (Å²) in [6.45, 7) is 9.72. The smallest absolute Gasteiger partial charge is 0.225 e. The van der Waals surface area contributed by atoms with Gasteiger partial charge in [-0.25, -0.2) is 9.97 Å². The molecule has 1 fully saturated rings. The van der Waals surface area contributed by atoms with E-state index in [1.165, 1.54) is 0 Å². The van der Waals surface area contributed by atoms with Gasteiger partial charge >= 0.3 is 0 Å². The van der Waals surface area contributed by atoms with Gasteiger partial charge in [0, 0.05) is 50.7 Å². The maximum Gasteiger partial charge on any atom is 0.225 e. The van der Waals surface area contributed by atoms with Gasteiger partial charge in [-0.3, -0.25) is 0 Å². The standard InChI is InChI=1S/C16H29N5O/c1-13(2)15(22)4-5-17-10-14-11-18-16(19-12-14)21-8-6-20(3)7-9-21/h11-13,15,17,22H,4-10H2,1-3H3. The van der Waals surface area contributed by atoms with Crippen molar-refractivity contribution in [2.24, 2.45) is 5.92 Å². The third kappa shape index (κ3) is 5.19.